The van der Waals surface area contributed by atoms with Crippen molar-refractivity contribution in [1.82, 2.24) is 0 Å². The maximum absolute atomic E-state index is 11.5. The Balaban J connectivity index is 1.75. The number of ether oxygens (including phenoxy) is 2. The Kier molecular flexibility index (Phi) is 8.32. The molecule has 0 spiro atoms. The van der Waals surface area contributed by atoms with E-state index < -0.39 is 17.9 Å². The number of allylic oxidation sites excluding steroid dienone is 3. The highest BCUT2D eigenvalue weighted by molar-refractivity contribution is 5.92. The van der Waals surface area contributed by atoms with E-state index in [4.69, 9.17) is 9.47 Å². The molecule has 3 rings (SSSR count). The molecule has 33 heavy (non-hydrogen) atoms. The van der Waals surface area contributed by atoms with Crippen LogP contribution in [0.3, 0.4) is 0 Å². The van der Waals surface area contributed by atoms with Gasteiger partial charge in [0.2, 0.25) is 0 Å². The number of benzene rings is 1. The van der Waals surface area contributed by atoms with Crippen molar-refractivity contribution in [3.63, 3.8) is 0 Å². The molecule has 0 fully saturated rings. The fourth-order valence-corrected chi connectivity index (χ4v) is 4.18. The summed E-state index contributed by atoms with van der Waals surface area (Å²) in [7, 11) is 0. The molecule has 1 aliphatic carbocycles. The van der Waals surface area contributed by atoms with Crippen LogP contribution in [0.1, 0.15) is 63.7 Å². The fourth-order valence-electron chi connectivity index (χ4n) is 4.18. The number of fused-ring (bicyclic) bond motifs is 1. The minimum Gasteiger partial charge on any atom is -0.481 e. The van der Waals surface area contributed by atoms with E-state index in [0.717, 1.165) is 12.1 Å². The van der Waals surface area contributed by atoms with Gasteiger partial charge < -0.3 is 25.0 Å². The SMILES string of the molecule is CC1CC=CC=CC1C1CC(OCCCC(O)OC(C)(C)C)=Nc2cc(C(=O)O)ccc2N1. The van der Waals surface area contributed by atoms with Gasteiger partial charge in [0, 0.05) is 24.8 Å². The van der Waals surface area contributed by atoms with Crippen LogP contribution in [0.4, 0.5) is 11.4 Å². The average molecular weight is 457 g/mol. The molecule has 1 heterocycles. The lowest BCUT2D eigenvalue weighted by molar-refractivity contribution is -0.169. The molecule has 7 heteroatoms. The van der Waals surface area contributed by atoms with Crippen molar-refractivity contribution in [2.45, 2.75) is 71.3 Å². The number of anilines is 1. The normalized spacial score (nSPS) is 23.5. The van der Waals surface area contributed by atoms with Crippen LogP contribution < -0.4 is 5.32 Å². The summed E-state index contributed by atoms with van der Waals surface area (Å²) >= 11 is 0. The minimum atomic E-state index is -0.990. The van der Waals surface area contributed by atoms with E-state index in [1.54, 1.807) is 18.2 Å². The summed E-state index contributed by atoms with van der Waals surface area (Å²) in [5, 5.41) is 23.1. The van der Waals surface area contributed by atoms with E-state index in [9.17, 15) is 15.0 Å². The second-order valence-corrected chi connectivity index (χ2v) is 9.78. The summed E-state index contributed by atoms with van der Waals surface area (Å²) in [6.07, 6.45) is 10.4. The molecule has 3 N–H and O–H groups in total. The van der Waals surface area contributed by atoms with Crippen molar-refractivity contribution in [2.24, 2.45) is 16.8 Å². The second-order valence-electron chi connectivity index (χ2n) is 9.78. The molecule has 0 amide bonds. The first-order valence-corrected chi connectivity index (χ1v) is 11.7. The smallest absolute Gasteiger partial charge is 0.335 e. The predicted octanol–water partition coefficient (Wildman–Crippen LogP) is 5.30. The summed E-state index contributed by atoms with van der Waals surface area (Å²) in [6.45, 7) is 8.34. The topological polar surface area (TPSA) is 100 Å². The van der Waals surface area contributed by atoms with Crippen LogP contribution in [0.15, 0.2) is 47.5 Å². The van der Waals surface area contributed by atoms with Gasteiger partial charge in [-0.1, -0.05) is 31.2 Å². The largest absolute Gasteiger partial charge is 0.481 e. The Bertz CT molecular complexity index is 916. The van der Waals surface area contributed by atoms with Crippen molar-refractivity contribution >= 4 is 23.2 Å². The highest BCUT2D eigenvalue weighted by Crippen LogP contribution is 2.35. The number of hydrogen-bond donors (Lipinski definition) is 3. The Morgan fingerprint density at radius 3 is 2.82 bits per heavy atom. The molecule has 1 aromatic carbocycles. The molecule has 2 aliphatic rings. The Labute approximate surface area is 196 Å². The van der Waals surface area contributed by atoms with Gasteiger partial charge in [-0.05, 0) is 57.7 Å². The Morgan fingerprint density at radius 2 is 2.09 bits per heavy atom. The van der Waals surface area contributed by atoms with Gasteiger partial charge in [-0.25, -0.2) is 9.79 Å². The molecule has 1 aliphatic heterocycles. The number of aliphatic hydroxyl groups is 1. The van der Waals surface area contributed by atoms with Crippen LogP contribution in [-0.4, -0.2) is 46.6 Å². The summed E-state index contributed by atoms with van der Waals surface area (Å²) in [5.41, 5.74) is 1.14. The van der Waals surface area contributed by atoms with Crippen LogP contribution in [0.25, 0.3) is 0 Å². The fraction of sp³-hybridized carbons (Fsp3) is 0.538. The number of nitrogens with zero attached hydrogens (tertiary/aromatic N) is 1. The van der Waals surface area contributed by atoms with Crippen molar-refractivity contribution in [3.05, 3.63) is 48.1 Å². The first-order valence-electron chi connectivity index (χ1n) is 11.7. The number of hydrogen-bond acceptors (Lipinski definition) is 6. The zero-order chi connectivity index (χ0) is 24.0. The predicted molar refractivity (Wildman–Crippen MR) is 130 cm³/mol. The van der Waals surface area contributed by atoms with Crippen molar-refractivity contribution in [3.8, 4) is 0 Å². The Hall–Kier alpha value is -2.64. The van der Waals surface area contributed by atoms with Crippen molar-refractivity contribution in [1.29, 1.82) is 0 Å². The van der Waals surface area contributed by atoms with Crippen LogP contribution in [-0.2, 0) is 9.47 Å². The lowest BCUT2D eigenvalue weighted by Gasteiger charge is -2.29. The summed E-state index contributed by atoms with van der Waals surface area (Å²) < 4.78 is 11.6. The summed E-state index contributed by atoms with van der Waals surface area (Å²) in [5.74, 6) is 0.275. The van der Waals surface area contributed by atoms with Crippen LogP contribution in [0, 0.1) is 11.8 Å². The van der Waals surface area contributed by atoms with Gasteiger partial charge in [-0.3, -0.25) is 0 Å². The van der Waals surface area contributed by atoms with Gasteiger partial charge in [-0.2, -0.15) is 0 Å². The highest BCUT2D eigenvalue weighted by atomic mass is 16.6. The van der Waals surface area contributed by atoms with Gasteiger partial charge in [0.1, 0.15) is 0 Å². The van der Waals surface area contributed by atoms with Gasteiger partial charge >= 0.3 is 5.97 Å². The molecule has 0 bridgehead atoms. The molecular formula is C26H36N2O5. The maximum Gasteiger partial charge on any atom is 0.335 e. The molecule has 0 saturated heterocycles. The molecular weight excluding hydrogens is 420 g/mol. The quantitative estimate of drug-likeness (QED) is 0.380. The third-order valence-corrected chi connectivity index (χ3v) is 5.79. The summed E-state index contributed by atoms with van der Waals surface area (Å²) in [6, 6.07) is 5.01. The zero-order valence-electron chi connectivity index (χ0n) is 20.0. The number of aliphatic hydroxyl groups excluding tert-OH is 1. The molecule has 0 saturated carbocycles. The molecule has 1 aromatic rings. The van der Waals surface area contributed by atoms with Crippen LogP contribution >= 0.6 is 0 Å². The van der Waals surface area contributed by atoms with Gasteiger partial charge in [0.05, 0.1) is 29.1 Å². The van der Waals surface area contributed by atoms with E-state index in [1.165, 1.54) is 0 Å². The number of aliphatic imine (C=N–C) groups is 1. The number of carbonyl (C=O) groups is 1. The molecule has 4 atom stereocenters. The first-order chi connectivity index (χ1) is 15.6. The zero-order valence-corrected chi connectivity index (χ0v) is 20.0. The van der Waals surface area contributed by atoms with Crippen molar-refractivity contribution < 1.29 is 24.5 Å². The molecule has 7 nitrogen and oxygen atoms in total. The molecule has 0 radical (unpaired) electrons. The van der Waals surface area contributed by atoms with Gasteiger partial charge in [0.25, 0.3) is 0 Å². The number of rotatable bonds is 7. The van der Waals surface area contributed by atoms with Gasteiger partial charge in [-0.15, -0.1) is 0 Å². The third-order valence-electron chi connectivity index (χ3n) is 5.79. The van der Waals surface area contributed by atoms with Crippen LogP contribution in [0.2, 0.25) is 0 Å². The lowest BCUT2D eigenvalue weighted by atomic mass is 9.84. The average Bonchev–Trinajstić information content (AvgIpc) is 3.04. The second kappa shape index (κ2) is 11.0. The standard InChI is InChI=1S/C26H36N2O5/c1-17-9-6-5-7-10-19(17)21-16-23(32-14-8-11-24(29)33-26(2,3)4)28-22-15-18(25(30)31)12-13-20(22)27-21/h5-7,10,12-13,15,17,19,21,24,27,29H,8-9,11,14,16H2,1-4H3,(H,30,31). The van der Waals surface area contributed by atoms with Crippen molar-refractivity contribution in [2.75, 3.05) is 11.9 Å². The highest BCUT2D eigenvalue weighted by Gasteiger charge is 2.29. The van der Waals surface area contributed by atoms with E-state index in [0.29, 0.717) is 43.4 Å². The first kappa shape index (κ1) is 25.0. The van der Waals surface area contributed by atoms with E-state index >= 15 is 0 Å². The molecule has 4 unspecified atom stereocenters. The number of nitrogens with one attached hydrogen (secondary N) is 1. The van der Waals surface area contributed by atoms with Gasteiger partial charge in [0.15, 0.2) is 12.2 Å². The lowest BCUT2D eigenvalue weighted by Crippen LogP contribution is -2.34. The monoisotopic (exact) mass is 456 g/mol. The number of aromatic carboxylic acids is 1. The number of carboxylic acid groups (broad SMARTS) is 1. The minimum absolute atomic E-state index is 0.0571. The number of carboxylic acids is 1. The third kappa shape index (κ3) is 7.44. The van der Waals surface area contributed by atoms with E-state index in [2.05, 4.69) is 41.5 Å². The van der Waals surface area contributed by atoms with E-state index in [-0.39, 0.29) is 17.5 Å². The Morgan fingerprint density at radius 1 is 1.30 bits per heavy atom. The van der Waals surface area contributed by atoms with Crippen LogP contribution in [0.5, 0.6) is 0 Å². The summed E-state index contributed by atoms with van der Waals surface area (Å²) in [4.78, 5) is 16.2. The maximum atomic E-state index is 11.5. The molecule has 0 aromatic heterocycles. The molecule has 180 valence electrons. The van der Waals surface area contributed by atoms with E-state index in [1.807, 2.05) is 20.8 Å².